The number of halogens is 3. The van der Waals surface area contributed by atoms with Gasteiger partial charge in [-0.1, -0.05) is 6.42 Å². The van der Waals surface area contributed by atoms with Gasteiger partial charge in [0.1, 0.15) is 0 Å². The summed E-state index contributed by atoms with van der Waals surface area (Å²) in [4.78, 5) is 14.5. The maximum absolute atomic E-state index is 12.9. The van der Waals surface area contributed by atoms with Gasteiger partial charge in [-0.3, -0.25) is 9.48 Å². The number of nitrogens with zero attached hydrogens (tertiary/aromatic N) is 3. The van der Waals surface area contributed by atoms with Crippen molar-refractivity contribution in [3.05, 3.63) is 18.5 Å². The van der Waals surface area contributed by atoms with Crippen molar-refractivity contribution in [1.29, 1.82) is 0 Å². The van der Waals surface area contributed by atoms with Crippen LogP contribution in [-0.4, -0.2) is 39.4 Å². The van der Waals surface area contributed by atoms with Crippen molar-refractivity contribution in [3.8, 4) is 0 Å². The molecule has 0 bridgehead atoms. The third-order valence-corrected chi connectivity index (χ3v) is 5.10. The first kappa shape index (κ1) is 16.3. The van der Waals surface area contributed by atoms with E-state index >= 15 is 0 Å². The Labute approximate surface area is 133 Å². The van der Waals surface area contributed by atoms with Crippen molar-refractivity contribution < 1.29 is 18.0 Å². The van der Waals surface area contributed by atoms with E-state index in [4.69, 9.17) is 0 Å². The molecule has 1 aromatic heterocycles. The summed E-state index contributed by atoms with van der Waals surface area (Å²) in [6.45, 7) is 1.27. The molecule has 2 aliphatic rings. The Morgan fingerprint density at radius 2 is 2.04 bits per heavy atom. The van der Waals surface area contributed by atoms with Gasteiger partial charge in [-0.2, -0.15) is 18.3 Å². The van der Waals surface area contributed by atoms with E-state index in [1.54, 1.807) is 15.8 Å². The number of amides is 1. The van der Waals surface area contributed by atoms with Crippen LogP contribution in [0.25, 0.3) is 0 Å². The molecule has 0 radical (unpaired) electrons. The standard InChI is InChI=1S/C16H22F3N3O/c17-16(18,19)13-5-1-4-12(10-13)15(23)22-9-2-6-14(22)11-21-8-3-7-20-21/h3,7-8,12-14H,1-2,4-6,9-11H2. The topological polar surface area (TPSA) is 38.1 Å². The number of carbonyl (C=O) groups is 1. The number of alkyl halides is 3. The molecule has 3 rings (SSSR count). The Morgan fingerprint density at radius 3 is 2.74 bits per heavy atom. The molecule has 1 saturated heterocycles. The molecule has 7 heteroatoms. The van der Waals surface area contributed by atoms with Crippen LogP contribution in [0, 0.1) is 11.8 Å². The first-order chi connectivity index (χ1) is 10.9. The lowest BCUT2D eigenvalue weighted by molar-refractivity contribution is -0.187. The van der Waals surface area contributed by atoms with E-state index in [2.05, 4.69) is 5.10 Å². The fourth-order valence-corrected chi connectivity index (χ4v) is 3.89. The van der Waals surface area contributed by atoms with E-state index in [1.807, 2.05) is 12.3 Å². The quantitative estimate of drug-likeness (QED) is 0.854. The molecule has 0 aromatic carbocycles. The molecular weight excluding hydrogens is 307 g/mol. The van der Waals surface area contributed by atoms with Gasteiger partial charge in [0.2, 0.25) is 5.91 Å². The first-order valence-electron chi connectivity index (χ1n) is 8.30. The second kappa shape index (κ2) is 6.53. The van der Waals surface area contributed by atoms with Crippen LogP contribution in [0.5, 0.6) is 0 Å². The molecule has 1 aliphatic carbocycles. The number of hydrogen-bond donors (Lipinski definition) is 0. The molecule has 1 aromatic rings. The van der Waals surface area contributed by atoms with E-state index in [1.165, 1.54) is 0 Å². The number of likely N-dealkylation sites (tertiary alicyclic amines) is 1. The molecular formula is C16H22F3N3O. The van der Waals surface area contributed by atoms with Gasteiger partial charge in [0.15, 0.2) is 0 Å². The molecule has 128 valence electrons. The highest BCUT2D eigenvalue weighted by Gasteiger charge is 2.45. The van der Waals surface area contributed by atoms with Gasteiger partial charge in [0.05, 0.1) is 18.5 Å². The zero-order valence-corrected chi connectivity index (χ0v) is 13.0. The van der Waals surface area contributed by atoms with Gasteiger partial charge in [0, 0.05) is 24.9 Å². The molecule has 23 heavy (non-hydrogen) atoms. The van der Waals surface area contributed by atoms with Gasteiger partial charge in [0.25, 0.3) is 0 Å². The van der Waals surface area contributed by atoms with Crippen LogP contribution in [0.3, 0.4) is 0 Å². The van der Waals surface area contributed by atoms with E-state index in [0.717, 1.165) is 12.8 Å². The van der Waals surface area contributed by atoms with Crippen LogP contribution in [0.15, 0.2) is 18.5 Å². The third kappa shape index (κ3) is 3.70. The average Bonchev–Trinajstić information content (AvgIpc) is 3.18. The minimum Gasteiger partial charge on any atom is -0.338 e. The molecule has 4 nitrogen and oxygen atoms in total. The monoisotopic (exact) mass is 329 g/mol. The predicted octanol–water partition coefficient (Wildman–Crippen LogP) is 3.24. The van der Waals surface area contributed by atoms with Crippen molar-refractivity contribution in [2.24, 2.45) is 11.8 Å². The molecule has 2 heterocycles. The summed E-state index contributed by atoms with van der Waals surface area (Å²) in [5.41, 5.74) is 0. The minimum absolute atomic E-state index is 0.0483. The molecule has 1 aliphatic heterocycles. The van der Waals surface area contributed by atoms with Crippen LogP contribution >= 0.6 is 0 Å². The van der Waals surface area contributed by atoms with Crippen LogP contribution in [0.4, 0.5) is 13.2 Å². The maximum atomic E-state index is 12.9. The van der Waals surface area contributed by atoms with E-state index in [0.29, 0.717) is 25.9 Å². The summed E-state index contributed by atoms with van der Waals surface area (Å²) in [7, 11) is 0. The van der Waals surface area contributed by atoms with Crippen molar-refractivity contribution in [2.45, 2.75) is 57.3 Å². The Kier molecular flexibility index (Phi) is 4.64. The summed E-state index contributed by atoms with van der Waals surface area (Å²) in [5.74, 6) is -1.89. The van der Waals surface area contributed by atoms with E-state index < -0.39 is 18.0 Å². The van der Waals surface area contributed by atoms with Crippen molar-refractivity contribution in [1.82, 2.24) is 14.7 Å². The fourth-order valence-electron chi connectivity index (χ4n) is 3.89. The second-order valence-electron chi connectivity index (χ2n) is 6.66. The first-order valence-corrected chi connectivity index (χ1v) is 8.30. The number of hydrogen-bond acceptors (Lipinski definition) is 2. The average molecular weight is 329 g/mol. The zero-order chi connectivity index (χ0) is 16.4. The summed E-state index contributed by atoms with van der Waals surface area (Å²) in [6.07, 6.45) is 2.33. The molecule has 0 N–H and O–H groups in total. The Hall–Kier alpha value is -1.53. The second-order valence-corrected chi connectivity index (χ2v) is 6.66. The van der Waals surface area contributed by atoms with Crippen LogP contribution in [0.1, 0.15) is 38.5 Å². The minimum atomic E-state index is -4.18. The van der Waals surface area contributed by atoms with E-state index in [9.17, 15) is 18.0 Å². The fraction of sp³-hybridized carbons (Fsp3) is 0.750. The van der Waals surface area contributed by atoms with Crippen LogP contribution in [0.2, 0.25) is 0 Å². The Bertz CT molecular complexity index is 529. The number of carbonyl (C=O) groups excluding carboxylic acids is 1. The summed E-state index contributed by atoms with van der Waals surface area (Å²) in [6, 6.07) is 1.88. The van der Waals surface area contributed by atoms with Crippen LogP contribution < -0.4 is 0 Å². The maximum Gasteiger partial charge on any atom is 0.391 e. The molecule has 2 fully saturated rings. The molecule has 3 atom stereocenters. The molecule has 3 unspecified atom stereocenters. The zero-order valence-electron chi connectivity index (χ0n) is 13.0. The lowest BCUT2D eigenvalue weighted by atomic mass is 9.80. The highest BCUT2D eigenvalue weighted by molar-refractivity contribution is 5.79. The number of aromatic nitrogens is 2. The molecule has 0 spiro atoms. The van der Waals surface area contributed by atoms with Crippen molar-refractivity contribution in [3.63, 3.8) is 0 Å². The van der Waals surface area contributed by atoms with Gasteiger partial charge in [-0.25, -0.2) is 0 Å². The Balaban J connectivity index is 1.64. The lowest BCUT2D eigenvalue weighted by Gasteiger charge is -2.34. The normalized spacial score (nSPS) is 29.0. The highest BCUT2D eigenvalue weighted by Crippen LogP contribution is 2.41. The van der Waals surface area contributed by atoms with Gasteiger partial charge < -0.3 is 4.90 Å². The molecule has 1 amide bonds. The smallest absolute Gasteiger partial charge is 0.338 e. The van der Waals surface area contributed by atoms with Gasteiger partial charge >= 0.3 is 6.18 Å². The van der Waals surface area contributed by atoms with Crippen LogP contribution in [-0.2, 0) is 11.3 Å². The summed E-state index contributed by atoms with van der Waals surface area (Å²) < 4.78 is 40.6. The van der Waals surface area contributed by atoms with Crippen molar-refractivity contribution in [2.75, 3.05) is 6.54 Å². The van der Waals surface area contributed by atoms with Gasteiger partial charge in [-0.05, 0) is 38.2 Å². The largest absolute Gasteiger partial charge is 0.391 e. The SMILES string of the molecule is O=C(C1CCCC(C(F)(F)F)C1)N1CCCC1Cn1cccn1. The highest BCUT2D eigenvalue weighted by atomic mass is 19.4. The lowest BCUT2D eigenvalue weighted by Crippen LogP contribution is -2.44. The predicted molar refractivity (Wildman–Crippen MR) is 78.5 cm³/mol. The number of rotatable bonds is 3. The Morgan fingerprint density at radius 1 is 1.22 bits per heavy atom. The molecule has 1 saturated carbocycles. The van der Waals surface area contributed by atoms with Crippen molar-refractivity contribution >= 4 is 5.91 Å². The third-order valence-electron chi connectivity index (χ3n) is 5.10. The summed E-state index contributed by atoms with van der Waals surface area (Å²) in [5, 5.41) is 4.16. The van der Waals surface area contributed by atoms with E-state index in [-0.39, 0.29) is 24.8 Å². The summed E-state index contributed by atoms with van der Waals surface area (Å²) >= 11 is 0. The van der Waals surface area contributed by atoms with Gasteiger partial charge in [-0.15, -0.1) is 0 Å².